The van der Waals surface area contributed by atoms with Crippen LogP contribution in [0.2, 0.25) is 0 Å². The Hall–Kier alpha value is -4.07. The summed E-state index contributed by atoms with van der Waals surface area (Å²) in [5, 5.41) is 11.0. The highest BCUT2D eigenvalue weighted by molar-refractivity contribution is 6.46. The molecule has 1 aliphatic heterocycles. The molecule has 0 bridgehead atoms. The van der Waals surface area contributed by atoms with Crippen molar-refractivity contribution in [2.24, 2.45) is 0 Å². The highest BCUT2D eigenvalue weighted by atomic mass is 19.1. The van der Waals surface area contributed by atoms with Gasteiger partial charge in [-0.05, 0) is 48.0 Å². The third-order valence-electron chi connectivity index (χ3n) is 5.28. The summed E-state index contributed by atoms with van der Waals surface area (Å²) in [4.78, 5) is 27.3. The van der Waals surface area contributed by atoms with E-state index in [0.717, 1.165) is 6.07 Å². The van der Waals surface area contributed by atoms with Crippen LogP contribution in [-0.2, 0) is 16.1 Å². The van der Waals surface area contributed by atoms with Crippen LogP contribution in [0, 0.1) is 5.82 Å². The van der Waals surface area contributed by atoms with Crippen molar-refractivity contribution in [3.63, 3.8) is 0 Å². The number of nitrogens with zero attached hydrogens (tertiary/aromatic N) is 1. The maximum Gasteiger partial charge on any atom is 0.296 e. The van der Waals surface area contributed by atoms with Crippen molar-refractivity contribution in [1.29, 1.82) is 0 Å². The quantitative estimate of drug-likeness (QED) is 0.355. The lowest BCUT2D eigenvalue weighted by Gasteiger charge is -2.24. The van der Waals surface area contributed by atoms with Crippen molar-refractivity contribution in [2.75, 3.05) is 14.2 Å². The molecule has 1 atom stereocenters. The first-order chi connectivity index (χ1) is 15.4. The van der Waals surface area contributed by atoms with Gasteiger partial charge in [0, 0.05) is 5.56 Å². The lowest BCUT2D eigenvalue weighted by atomic mass is 9.95. The van der Waals surface area contributed by atoms with Crippen LogP contribution < -0.4 is 9.47 Å². The molecule has 1 fully saturated rings. The summed E-state index contributed by atoms with van der Waals surface area (Å²) >= 11 is 0. The molecule has 4 rings (SSSR count). The second-order valence-electron chi connectivity index (χ2n) is 7.13. The molecule has 1 saturated heterocycles. The molecule has 0 saturated carbocycles. The molecule has 0 spiro atoms. The standard InChI is InChI=1S/C24H20FNO6/c1-30-16-6-3-5-14(11-16)21-20(22(27)15-8-9-19(31-2)18(25)12-15)23(28)24(29)26(21)13-17-7-4-10-32-17/h3-12,21,27H,13H2,1-2H3. The van der Waals surface area contributed by atoms with E-state index in [2.05, 4.69) is 0 Å². The van der Waals surface area contributed by atoms with Crippen molar-refractivity contribution >= 4 is 17.4 Å². The summed E-state index contributed by atoms with van der Waals surface area (Å²) in [6, 6.07) is 13.1. The summed E-state index contributed by atoms with van der Waals surface area (Å²) in [6.45, 7) is 0.00715. The van der Waals surface area contributed by atoms with E-state index in [1.807, 2.05) is 0 Å². The first-order valence-corrected chi connectivity index (χ1v) is 9.73. The summed E-state index contributed by atoms with van der Waals surface area (Å²) in [7, 11) is 2.82. The van der Waals surface area contributed by atoms with Gasteiger partial charge in [0.15, 0.2) is 11.6 Å². The fourth-order valence-corrected chi connectivity index (χ4v) is 3.74. The van der Waals surface area contributed by atoms with E-state index in [-0.39, 0.29) is 23.4 Å². The van der Waals surface area contributed by atoms with Crippen LogP contribution in [0.25, 0.3) is 5.76 Å². The van der Waals surface area contributed by atoms with Gasteiger partial charge in [-0.3, -0.25) is 9.59 Å². The van der Waals surface area contributed by atoms with Crippen molar-refractivity contribution in [2.45, 2.75) is 12.6 Å². The zero-order valence-corrected chi connectivity index (χ0v) is 17.4. The van der Waals surface area contributed by atoms with Crippen molar-refractivity contribution in [3.8, 4) is 11.5 Å². The number of hydrogen-bond donors (Lipinski definition) is 1. The van der Waals surface area contributed by atoms with Crippen molar-refractivity contribution in [3.05, 3.63) is 89.1 Å². The normalized spacial score (nSPS) is 17.6. The molecule has 1 aliphatic rings. The highest BCUT2D eigenvalue weighted by Gasteiger charge is 2.46. The van der Waals surface area contributed by atoms with E-state index in [0.29, 0.717) is 17.1 Å². The van der Waals surface area contributed by atoms with Gasteiger partial charge >= 0.3 is 0 Å². The number of benzene rings is 2. The SMILES string of the molecule is COc1cccc(C2C(=C(O)c3ccc(OC)c(F)c3)C(=O)C(=O)N2Cc2ccco2)c1. The fraction of sp³-hybridized carbons (Fsp3) is 0.167. The van der Waals surface area contributed by atoms with E-state index >= 15 is 0 Å². The highest BCUT2D eigenvalue weighted by Crippen LogP contribution is 2.41. The summed E-state index contributed by atoms with van der Waals surface area (Å²) < 4.78 is 29.8. The number of carbonyl (C=O) groups is 2. The maximum absolute atomic E-state index is 14.3. The number of aliphatic hydroxyl groups is 1. The van der Waals surface area contributed by atoms with Gasteiger partial charge in [-0.25, -0.2) is 4.39 Å². The molecule has 1 N–H and O–H groups in total. The van der Waals surface area contributed by atoms with Crippen LogP contribution >= 0.6 is 0 Å². The molecule has 2 aromatic carbocycles. The van der Waals surface area contributed by atoms with Gasteiger partial charge in [-0.1, -0.05) is 12.1 Å². The second kappa shape index (κ2) is 8.58. The van der Waals surface area contributed by atoms with Gasteiger partial charge in [0.1, 0.15) is 17.3 Å². The molecule has 2 heterocycles. The number of furan rings is 1. The molecule has 3 aromatic rings. The summed E-state index contributed by atoms with van der Waals surface area (Å²) in [5.74, 6) is -1.90. The van der Waals surface area contributed by atoms with Crippen LogP contribution in [0.1, 0.15) is 22.9 Å². The molecule has 7 nitrogen and oxygen atoms in total. The predicted octanol–water partition coefficient (Wildman–Crippen LogP) is 4.06. The smallest absolute Gasteiger partial charge is 0.296 e. The van der Waals surface area contributed by atoms with Gasteiger partial charge < -0.3 is 23.9 Å². The Bertz CT molecular complexity index is 1200. The number of amides is 1. The molecule has 32 heavy (non-hydrogen) atoms. The lowest BCUT2D eigenvalue weighted by Crippen LogP contribution is -2.29. The van der Waals surface area contributed by atoms with Crippen LogP contribution in [0.5, 0.6) is 11.5 Å². The first kappa shape index (κ1) is 21.2. The number of Topliss-reactive ketones (excluding diaryl/α,β-unsaturated/α-hetero) is 1. The molecule has 1 aromatic heterocycles. The minimum absolute atomic E-state index is 0.00715. The number of halogens is 1. The predicted molar refractivity (Wildman–Crippen MR) is 113 cm³/mol. The molecule has 1 amide bonds. The summed E-state index contributed by atoms with van der Waals surface area (Å²) in [5.41, 5.74) is 0.442. The Balaban J connectivity index is 1.88. The maximum atomic E-state index is 14.3. The number of aliphatic hydroxyl groups excluding tert-OH is 1. The Morgan fingerprint density at radius 1 is 1.09 bits per heavy atom. The third-order valence-corrected chi connectivity index (χ3v) is 5.28. The Morgan fingerprint density at radius 3 is 2.56 bits per heavy atom. The van der Waals surface area contributed by atoms with Crippen LogP contribution in [-0.4, -0.2) is 35.9 Å². The number of ketones is 1. The number of methoxy groups -OCH3 is 2. The molecule has 0 aliphatic carbocycles. The number of hydrogen-bond acceptors (Lipinski definition) is 6. The van der Waals surface area contributed by atoms with E-state index in [9.17, 15) is 19.1 Å². The van der Waals surface area contributed by atoms with Gasteiger partial charge in [0.25, 0.3) is 11.7 Å². The van der Waals surface area contributed by atoms with Gasteiger partial charge in [0.05, 0.1) is 38.6 Å². The molecule has 1 unspecified atom stereocenters. The second-order valence-corrected chi connectivity index (χ2v) is 7.13. The Labute approximate surface area is 183 Å². The lowest BCUT2D eigenvalue weighted by molar-refractivity contribution is -0.140. The van der Waals surface area contributed by atoms with Gasteiger partial charge in [0.2, 0.25) is 0 Å². The van der Waals surface area contributed by atoms with Gasteiger partial charge in [-0.2, -0.15) is 0 Å². The van der Waals surface area contributed by atoms with Crippen LogP contribution in [0.4, 0.5) is 4.39 Å². The minimum Gasteiger partial charge on any atom is -0.507 e. The zero-order chi connectivity index (χ0) is 22.8. The average molecular weight is 437 g/mol. The average Bonchev–Trinajstić information content (AvgIpc) is 3.41. The van der Waals surface area contributed by atoms with E-state index in [1.54, 1.807) is 36.4 Å². The topological polar surface area (TPSA) is 89.2 Å². The van der Waals surface area contributed by atoms with Crippen LogP contribution in [0.3, 0.4) is 0 Å². The van der Waals surface area contributed by atoms with E-state index in [1.165, 1.54) is 37.5 Å². The van der Waals surface area contributed by atoms with Crippen molar-refractivity contribution < 1.29 is 33.0 Å². The molecule has 8 heteroatoms. The van der Waals surface area contributed by atoms with E-state index < -0.39 is 29.3 Å². The fourth-order valence-electron chi connectivity index (χ4n) is 3.74. The minimum atomic E-state index is -0.930. The monoisotopic (exact) mass is 437 g/mol. The number of likely N-dealkylation sites (tertiary alicyclic amines) is 1. The number of rotatable bonds is 6. The third kappa shape index (κ3) is 3.71. The largest absolute Gasteiger partial charge is 0.507 e. The Kier molecular flexibility index (Phi) is 5.68. The molecular weight excluding hydrogens is 417 g/mol. The molecular formula is C24H20FNO6. The zero-order valence-electron chi connectivity index (χ0n) is 17.4. The number of carbonyl (C=O) groups excluding carboxylic acids is 2. The molecule has 164 valence electrons. The van der Waals surface area contributed by atoms with E-state index in [4.69, 9.17) is 13.9 Å². The first-order valence-electron chi connectivity index (χ1n) is 9.73. The number of ether oxygens (including phenoxy) is 2. The van der Waals surface area contributed by atoms with Crippen LogP contribution in [0.15, 0.2) is 70.9 Å². The molecule has 0 radical (unpaired) electrons. The Morgan fingerprint density at radius 2 is 1.91 bits per heavy atom. The van der Waals surface area contributed by atoms with Gasteiger partial charge in [-0.15, -0.1) is 0 Å². The summed E-state index contributed by atoms with van der Waals surface area (Å²) in [6.07, 6.45) is 1.46. The van der Waals surface area contributed by atoms with Crippen molar-refractivity contribution in [1.82, 2.24) is 4.90 Å².